The Morgan fingerprint density at radius 3 is 2.20 bits per heavy atom. The maximum atomic E-state index is 5.83. The summed E-state index contributed by atoms with van der Waals surface area (Å²) in [5.41, 5.74) is 9.48. The molecule has 0 aliphatic carbocycles. The van der Waals surface area contributed by atoms with Gasteiger partial charge in [0.25, 0.3) is 0 Å². The van der Waals surface area contributed by atoms with E-state index in [1.54, 1.807) is 0 Å². The van der Waals surface area contributed by atoms with E-state index in [2.05, 4.69) is 39.8 Å². The van der Waals surface area contributed by atoms with E-state index in [0.29, 0.717) is 6.61 Å². The number of nitrogens with two attached hydrogens (primary N) is 1. The van der Waals surface area contributed by atoms with E-state index in [1.165, 1.54) is 16.7 Å². The monoisotopic (exact) mass is 207 g/mol. The van der Waals surface area contributed by atoms with Crippen molar-refractivity contribution in [3.8, 4) is 5.75 Å². The first-order valence-electron chi connectivity index (χ1n) is 5.50. The molecule has 2 N–H and O–H groups in total. The molecule has 0 fully saturated rings. The van der Waals surface area contributed by atoms with Gasteiger partial charge in [0.15, 0.2) is 0 Å². The molecule has 1 rings (SSSR count). The van der Waals surface area contributed by atoms with Gasteiger partial charge in [-0.25, -0.2) is 0 Å². The first-order chi connectivity index (χ1) is 7.04. The van der Waals surface area contributed by atoms with Crippen LogP contribution in [0, 0.1) is 20.8 Å². The second-order valence-electron chi connectivity index (χ2n) is 4.21. The molecule has 1 aromatic carbocycles. The van der Waals surface area contributed by atoms with Gasteiger partial charge in [0.1, 0.15) is 12.4 Å². The van der Waals surface area contributed by atoms with E-state index in [4.69, 9.17) is 10.5 Å². The molecule has 1 aromatic rings. The van der Waals surface area contributed by atoms with Crippen LogP contribution in [-0.2, 0) is 0 Å². The molecule has 0 aliphatic heterocycles. The maximum absolute atomic E-state index is 5.83. The highest BCUT2D eigenvalue weighted by atomic mass is 16.5. The van der Waals surface area contributed by atoms with Gasteiger partial charge in [-0.2, -0.15) is 0 Å². The Kier molecular flexibility index (Phi) is 4.15. The lowest BCUT2D eigenvalue weighted by atomic mass is 10.1. The molecule has 0 saturated carbocycles. The predicted octanol–water partition coefficient (Wildman–Crippen LogP) is 2.73. The van der Waals surface area contributed by atoms with Gasteiger partial charge in [0.05, 0.1) is 0 Å². The second kappa shape index (κ2) is 5.17. The van der Waals surface area contributed by atoms with Crippen molar-refractivity contribution in [2.24, 2.45) is 5.73 Å². The quantitative estimate of drug-likeness (QED) is 0.824. The molecule has 0 radical (unpaired) electrons. The fourth-order valence-corrected chi connectivity index (χ4v) is 1.70. The molecular weight excluding hydrogens is 186 g/mol. The van der Waals surface area contributed by atoms with Crippen LogP contribution in [-0.4, -0.2) is 12.6 Å². The average molecular weight is 207 g/mol. The molecule has 0 aromatic heterocycles. The average Bonchev–Trinajstić information content (AvgIpc) is 2.15. The van der Waals surface area contributed by atoms with Gasteiger partial charge in [-0.1, -0.05) is 24.6 Å². The van der Waals surface area contributed by atoms with Crippen LogP contribution in [0.3, 0.4) is 0 Å². The molecule has 1 unspecified atom stereocenters. The molecule has 84 valence electrons. The van der Waals surface area contributed by atoms with Crippen LogP contribution in [0.1, 0.15) is 30.0 Å². The summed E-state index contributed by atoms with van der Waals surface area (Å²) in [6.45, 7) is 8.92. The van der Waals surface area contributed by atoms with E-state index >= 15 is 0 Å². The molecule has 0 amide bonds. The summed E-state index contributed by atoms with van der Waals surface area (Å²) in [6, 6.07) is 4.41. The van der Waals surface area contributed by atoms with Crippen LogP contribution < -0.4 is 10.5 Å². The second-order valence-corrected chi connectivity index (χ2v) is 4.21. The zero-order chi connectivity index (χ0) is 11.4. The third kappa shape index (κ3) is 3.24. The topological polar surface area (TPSA) is 35.2 Å². The minimum Gasteiger partial charge on any atom is -0.491 e. The van der Waals surface area contributed by atoms with E-state index in [-0.39, 0.29) is 6.04 Å². The highest BCUT2D eigenvalue weighted by Gasteiger charge is 2.06. The highest BCUT2D eigenvalue weighted by Crippen LogP contribution is 2.24. The molecule has 1 atom stereocenters. The van der Waals surface area contributed by atoms with Crippen LogP contribution in [0.4, 0.5) is 0 Å². The van der Waals surface area contributed by atoms with Crippen LogP contribution in [0.15, 0.2) is 12.1 Å². The Bertz CT molecular complexity index is 310. The smallest absolute Gasteiger partial charge is 0.125 e. The van der Waals surface area contributed by atoms with Gasteiger partial charge >= 0.3 is 0 Å². The van der Waals surface area contributed by atoms with E-state index in [9.17, 15) is 0 Å². The number of ether oxygens (including phenoxy) is 1. The summed E-state index contributed by atoms with van der Waals surface area (Å²) < 4.78 is 5.75. The molecule has 2 nitrogen and oxygen atoms in total. The molecule has 15 heavy (non-hydrogen) atoms. The van der Waals surface area contributed by atoms with Crippen molar-refractivity contribution >= 4 is 0 Å². The van der Waals surface area contributed by atoms with Crippen molar-refractivity contribution in [1.29, 1.82) is 0 Å². The van der Waals surface area contributed by atoms with E-state index in [1.807, 2.05) is 0 Å². The van der Waals surface area contributed by atoms with Gasteiger partial charge in [0, 0.05) is 6.04 Å². The van der Waals surface area contributed by atoms with Gasteiger partial charge in [0.2, 0.25) is 0 Å². The summed E-state index contributed by atoms with van der Waals surface area (Å²) in [7, 11) is 0. The fourth-order valence-electron chi connectivity index (χ4n) is 1.70. The third-order valence-corrected chi connectivity index (χ3v) is 2.57. The summed E-state index contributed by atoms with van der Waals surface area (Å²) in [5.74, 6) is 0.990. The van der Waals surface area contributed by atoms with Gasteiger partial charge in [-0.3, -0.25) is 0 Å². The fraction of sp³-hybridized carbons (Fsp3) is 0.538. The molecule has 0 heterocycles. The first-order valence-corrected chi connectivity index (χ1v) is 5.50. The highest BCUT2D eigenvalue weighted by molar-refractivity contribution is 5.42. The van der Waals surface area contributed by atoms with Crippen molar-refractivity contribution in [3.63, 3.8) is 0 Å². The van der Waals surface area contributed by atoms with Gasteiger partial charge in [-0.15, -0.1) is 0 Å². The van der Waals surface area contributed by atoms with Crippen LogP contribution in [0.5, 0.6) is 5.75 Å². The molecule has 0 aliphatic rings. The van der Waals surface area contributed by atoms with Crippen molar-refractivity contribution in [2.75, 3.05) is 6.61 Å². The summed E-state index contributed by atoms with van der Waals surface area (Å²) in [4.78, 5) is 0. The largest absolute Gasteiger partial charge is 0.491 e. The lowest BCUT2D eigenvalue weighted by Gasteiger charge is -2.15. The molecular formula is C13H21NO. The number of hydrogen-bond acceptors (Lipinski definition) is 2. The Morgan fingerprint density at radius 2 is 1.73 bits per heavy atom. The zero-order valence-corrected chi connectivity index (χ0v) is 10.1. The number of aryl methyl sites for hydroxylation is 3. The first kappa shape index (κ1) is 12.1. The van der Waals surface area contributed by atoms with Gasteiger partial charge < -0.3 is 10.5 Å². The Hall–Kier alpha value is -1.02. The van der Waals surface area contributed by atoms with Crippen molar-refractivity contribution < 1.29 is 4.74 Å². The molecule has 2 heteroatoms. The lowest BCUT2D eigenvalue weighted by molar-refractivity contribution is 0.282. The van der Waals surface area contributed by atoms with Crippen molar-refractivity contribution in [3.05, 3.63) is 28.8 Å². The van der Waals surface area contributed by atoms with E-state index < -0.39 is 0 Å². The minimum atomic E-state index is 0.130. The SMILES string of the molecule is CCC(N)COc1c(C)cc(C)cc1C. The Labute approximate surface area is 92.4 Å². The van der Waals surface area contributed by atoms with Crippen LogP contribution in [0.2, 0.25) is 0 Å². The summed E-state index contributed by atoms with van der Waals surface area (Å²) >= 11 is 0. The molecule has 0 bridgehead atoms. The molecule has 0 spiro atoms. The number of hydrogen-bond donors (Lipinski definition) is 1. The lowest BCUT2D eigenvalue weighted by Crippen LogP contribution is -2.27. The number of rotatable bonds is 4. The summed E-state index contributed by atoms with van der Waals surface area (Å²) in [5, 5.41) is 0. The Morgan fingerprint density at radius 1 is 1.20 bits per heavy atom. The Balaban J connectivity index is 2.77. The van der Waals surface area contributed by atoms with Gasteiger partial charge in [-0.05, 0) is 38.3 Å². The minimum absolute atomic E-state index is 0.130. The van der Waals surface area contributed by atoms with E-state index in [0.717, 1.165) is 12.2 Å². The summed E-state index contributed by atoms with van der Waals surface area (Å²) in [6.07, 6.45) is 0.948. The number of benzene rings is 1. The molecule has 0 saturated heterocycles. The predicted molar refractivity (Wildman–Crippen MR) is 64.4 cm³/mol. The van der Waals surface area contributed by atoms with Crippen LogP contribution >= 0.6 is 0 Å². The normalized spacial score (nSPS) is 12.6. The maximum Gasteiger partial charge on any atom is 0.125 e. The van der Waals surface area contributed by atoms with Crippen molar-refractivity contribution in [2.45, 2.75) is 40.2 Å². The van der Waals surface area contributed by atoms with Crippen molar-refractivity contribution in [1.82, 2.24) is 0 Å². The van der Waals surface area contributed by atoms with Crippen LogP contribution in [0.25, 0.3) is 0 Å². The zero-order valence-electron chi connectivity index (χ0n) is 10.1. The third-order valence-electron chi connectivity index (χ3n) is 2.57. The standard InChI is InChI=1S/C13H21NO/c1-5-12(14)8-15-13-10(3)6-9(2)7-11(13)4/h6-7,12H,5,8,14H2,1-4H3.